The third-order valence-electron chi connectivity index (χ3n) is 5.97. The number of piperazine rings is 1. The number of thiophene rings is 1. The van der Waals surface area contributed by atoms with Crippen molar-refractivity contribution in [1.29, 1.82) is 0 Å². The Labute approximate surface area is 190 Å². The number of benzene rings is 1. The first-order valence-electron chi connectivity index (χ1n) is 10.6. The van der Waals surface area contributed by atoms with Crippen LogP contribution in [0.15, 0.2) is 24.3 Å². The molecule has 164 valence electrons. The maximum Gasteiger partial charge on any atom is 0.224 e. The van der Waals surface area contributed by atoms with Crippen LogP contribution in [-0.4, -0.2) is 77.6 Å². The number of anilines is 1. The number of hydrogen-bond donors (Lipinski definition) is 1. The van der Waals surface area contributed by atoms with Crippen molar-refractivity contribution in [3.8, 4) is 10.4 Å². The second-order valence-electron chi connectivity index (χ2n) is 8.08. The highest BCUT2D eigenvalue weighted by Gasteiger charge is 2.22. The highest BCUT2D eigenvalue weighted by Crippen LogP contribution is 2.41. The van der Waals surface area contributed by atoms with Crippen molar-refractivity contribution >= 4 is 39.0 Å². The van der Waals surface area contributed by atoms with E-state index in [1.54, 1.807) is 11.3 Å². The molecule has 7 nitrogen and oxygen atoms in total. The van der Waals surface area contributed by atoms with Gasteiger partial charge in [-0.3, -0.25) is 4.90 Å². The van der Waals surface area contributed by atoms with Gasteiger partial charge in [0, 0.05) is 50.7 Å². The minimum atomic E-state index is 0.290. The zero-order chi connectivity index (χ0) is 21.4. The minimum Gasteiger partial charge on any atom is -0.378 e. The average Bonchev–Trinajstić information content (AvgIpc) is 3.12. The summed E-state index contributed by atoms with van der Waals surface area (Å²) < 4.78 is 6.59. The van der Waals surface area contributed by atoms with Gasteiger partial charge >= 0.3 is 0 Å². The average molecular weight is 460 g/mol. The molecule has 1 aromatic carbocycles. The Hall–Kier alpha value is -1.81. The van der Waals surface area contributed by atoms with Crippen molar-refractivity contribution in [2.45, 2.75) is 13.5 Å². The van der Waals surface area contributed by atoms with Gasteiger partial charge in [0.1, 0.15) is 0 Å². The predicted octanol–water partition coefficient (Wildman–Crippen LogP) is 3.66. The van der Waals surface area contributed by atoms with Gasteiger partial charge < -0.3 is 14.8 Å². The Morgan fingerprint density at radius 2 is 1.87 bits per heavy atom. The Bertz CT molecular complexity index is 1080. The third-order valence-corrected chi connectivity index (χ3v) is 7.47. The van der Waals surface area contributed by atoms with Crippen LogP contribution in [0.3, 0.4) is 0 Å². The van der Waals surface area contributed by atoms with E-state index in [0.29, 0.717) is 31.6 Å². The molecular formula is C22H26ClN5O2S. The van der Waals surface area contributed by atoms with Gasteiger partial charge in [-0.1, -0.05) is 18.2 Å². The van der Waals surface area contributed by atoms with Crippen LogP contribution in [0.1, 0.15) is 11.1 Å². The quantitative estimate of drug-likeness (QED) is 0.597. The van der Waals surface area contributed by atoms with Crippen LogP contribution in [0.5, 0.6) is 0 Å². The molecule has 31 heavy (non-hydrogen) atoms. The fourth-order valence-electron chi connectivity index (χ4n) is 4.28. The lowest BCUT2D eigenvalue weighted by Crippen LogP contribution is -2.44. The number of fused-ring (bicyclic) bond motifs is 1. The van der Waals surface area contributed by atoms with E-state index >= 15 is 0 Å². The molecule has 1 N–H and O–H groups in total. The molecule has 0 unspecified atom stereocenters. The summed E-state index contributed by atoms with van der Waals surface area (Å²) in [6.07, 6.45) is 0. The van der Waals surface area contributed by atoms with Gasteiger partial charge in [-0.15, -0.1) is 11.3 Å². The van der Waals surface area contributed by atoms with Gasteiger partial charge in [-0.2, -0.15) is 10.0 Å². The van der Waals surface area contributed by atoms with Crippen molar-refractivity contribution in [3.05, 3.63) is 40.7 Å². The Morgan fingerprint density at radius 1 is 1.10 bits per heavy atom. The number of hydroxylamine groups is 2. The molecule has 0 aliphatic carbocycles. The van der Waals surface area contributed by atoms with Crippen LogP contribution >= 0.6 is 22.9 Å². The van der Waals surface area contributed by atoms with Crippen LogP contribution in [0, 0.1) is 6.92 Å². The number of ether oxygens (including phenoxy) is 1. The summed E-state index contributed by atoms with van der Waals surface area (Å²) in [6.45, 7) is 9.16. The zero-order valence-corrected chi connectivity index (χ0v) is 19.1. The minimum absolute atomic E-state index is 0.290. The van der Waals surface area contributed by atoms with Gasteiger partial charge in [0.05, 0.1) is 23.4 Å². The third kappa shape index (κ3) is 4.41. The lowest BCUT2D eigenvalue weighted by molar-refractivity contribution is -0.118. The molecule has 9 heteroatoms. The maximum absolute atomic E-state index is 9.60. The fraction of sp³-hybridized carbons (Fsp3) is 0.455. The van der Waals surface area contributed by atoms with Crippen LogP contribution in [-0.2, 0) is 11.3 Å². The summed E-state index contributed by atoms with van der Waals surface area (Å²) >= 11 is 8.05. The summed E-state index contributed by atoms with van der Waals surface area (Å²) in [5.74, 6) is 0.913. The van der Waals surface area contributed by atoms with Crippen LogP contribution in [0.2, 0.25) is 5.28 Å². The smallest absolute Gasteiger partial charge is 0.224 e. The maximum atomic E-state index is 9.60. The molecule has 0 atom stereocenters. The molecule has 0 spiro atoms. The van der Waals surface area contributed by atoms with Crippen molar-refractivity contribution < 1.29 is 9.94 Å². The molecule has 2 aliphatic rings. The molecule has 4 heterocycles. The molecule has 5 rings (SSSR count). The number of nitrogens with zero attached hydrogens (tertiary/aromatic N) is 5. The molecule has 2 aromatic heterocycles. The summed E-state index contributed by atoms with van der Waals surface area (Å²) in [5, 5.41) is 11.3. The van der Waals surface area contributed by atoms with Crippen molar-refractivity contribution in [2.24, 2.45) is 0 Å². The zero-order valence-electron chi connectivity index (χ0n) is 17.6. The molecule has 2 saturated heterocycles. The van der Waals surface area contributed by atoms with Crippen LogP contribution in [0.4, 0.5) is 5.82 Å². The number of aryl methyl sites for hydroxylation is 1. The first-order chi connectivity index (χ1) is 15.1. The fourth-order valence-corrected chi connectivity index (χ4v) is 5.70. The Kier molecular flexibility index (Phi) is 6.10. The summed E-state index contributed by atoms with van der Waals surface area (Å²) in [6, 6.07) is 8.73. The molecule has 0 amide bonds. The van der Waals surface area contributed by atoms with Gasteiger partial charge in [-0.25, -0.2) is 4.98 Å². The van der Waals surface area contributed by atoms with E-state index in [0.717, 1.165) is 54.3 Å². The first kappa shape index (κ1) is 21.1. The molecule has 2 fully saturated rings. The SMILES string of the molecule is Cc1c(-c2cccc(CN3CCN(O)CC3)c2)sc2c(N3CCOCC3)nc(Cl)nc12. The molecule has 0 saturated carbocycles. The second-order valence-corrected chi connectivity index (χ2v) is 9.44. The molecule has 0 radical (unpaired) electrons. The first-order valence-corrected chi connectivity index (χ1v) is 11.8. The number of halogens is 1. The lowest BCUT2D eigenvalue weighted by Gasteiger charge is -2.31. The van der Waals surface area contributed by atoms with E-state index in [9.17, 15) is 5.21 Å². The number of morpholine rings is 1. The Balaban J connectivity index is 1.48. The van der Waals surface area contributed by atoms with Gasteiger partial charge in [0.15, 0.2) is 5.82 Å². The number of rotatable bonds is 4. The summed E-state index contributed by atoms with van der Waals surface area (Å²) in [7, 11) is 0. The molecule has 0 bridgehead atoms. The van der Waals surface area contributed by atoms with Crippen molar-refractivity contribution in [3.63, 3.8) is 0 Å². The number of aromatic nitrogens is 2. The second kappa shape index (κ2) is 8.97. The van der Waals surface area contributed by atoms with Crippen molar-refractivity contribution in [2.75, 3.05) is 57.4 Å². The molecular weight excluding hydrogens is 434 g/mol. The largest absolute Gasteiger partial charge is 0.378 e. The molecule has 3 aromatic rings. The van der Waals surface area contributed by atoms with Crippen LogP contribution in [0.25, 0.3) is 20.7 Å². The van der Waals surface area contributed by atoms with Gasteiger partial charge in [0.2, 0.25) is 5.28 Å². The molecule has 2 aliphatic heterocycles. The normalized spacial score (nSPS) is 18.7. The van der Waals surface area contributed by atoms with E-state index in [1.165, 1.54) is 21.1 Å². The van der Waals surface area contributed by atoms with E-state index in [-0.39, 0.29) is 0 Å². The van der Waals surface area contributed by atoms with E-state index < -0.39 is 0 Å². The lowest BCUT2D eigenvalue weighted by atomic mass is 10.1. The van der Waals surface area contributed by atoms with Crippen LogP contribution < -0.4 is 4.90 Å². The highest BCUT2D eigenvalue weighted by atomic mass is 35.5. The van der Waals surface area contributed by atoms with E-state index in [2.05, 4.69) is 51.0 Å². The number of hydrogen-bond acceptors (Lipinski definition) is 8. The monoisotopic (exact) mass is 459 g/mol. The summed E-state index contributed by atoms with van der Waals surface area (Å²) in [5.41, 5.74) is 4.55. The predicted molar refractivity (Wildman–Crippen MR) is 124 cm³/mol. The Morgan fingerprint density at radius 3 is 2.65 bits per heavy atom. The van der Waals surface area contributed by atoms with E-state index in [4.69, 9.17) is 16.3 Å². The van der Waals surface area contributed by atoms with Crippen molar-refractivity contribution in [1.82, 2.24) is 19.9 Å². The van der Waals surface area contributed by atoms with Gasteiger partial charge in [-0.05, 0) is 41.3 Å². The van der Waals surface area contributed by atoms with E-state index in [1.807, 2.05) is 0 Å². The topological polar surface area (TPSA) is 65.0 Å². The summed E-state index contributed by atoms with van der Waals surface area (Å²) in [4.78, 5) is 15.0. The standard InChI is InChI=1S/C22H26ClN5O2S/c1-15-18-20(21(25-22(23)24-18)27-9-11-30-12-10-27)31-19(15)17-4-2-3-16(13-17)14-26-5-7-28(29)8-6-26/h2-4,13,29H,5-12,14H2,1H3. The van der Waals surface area contributed by atoms with Gasteiger partial charge in [0.25, 0.3) is 0 Å². The highest BCUT2D eigenvalue weighted by molar-refractivity contribution is 7.23.